The number of hydrogen-bond donors (Lipinski definition) is 1. The zero-order valence-electron chi connectivity index (χ0n) is 11.0. The second kappa shape index (κ2) is 5.63. The summed E-state index contributed by atoms with van der Waals surface area (Å²) in [6.07, 6.45) is 0. The highest BCUT2D eigenvalue weighted by molar-refractivity contribution is 7.12. The van der Waals surface area contributed by atoms with E-state index < -0.39 is 0 Å². The Labute approximate surface area is 112 Å². The maximum atomic E-state index is 13.6. The third-order valence-electron chi connectivity index (χ3n) is 3.11. The standard InChI is InChI=1S/C15H18FNS/c1-10-8-13(12(3)18-10)9-17-11(2)14-6-4-5-7-15(14)16/h4-8,11,17H,9H2,1-3H3. The van der Waals surface area contributed by atoms with Gasteiger partial charge in [0.15, 0.2) is 0 Å². The predicted octanol–water partition coefficient (Wildman–Crippen LogP) is 4.35. The molecule has 2 aromatic rings. The van der Waals surface area contributed by atoms with Crippen molar-refractivity contribution in [1.29, 1.82) is 0 Å². The van der Waals surface area contributed by atoms with Crippen molar-refractivity contribution in [3.63, 3.8) is 0 Å². The van der Waals surface area contributed by atoms with Gasteiger partial charge in [-0.3, -0.25) is 0 Å². The van der Waals surface area contributed by atoms with Crippen molar-refractivity contribution in [2.45, 2.75) is 33.4 Å². The van der Waals surface area contributed by atoms with E-state index in [0.717, 1.165) is 12.1 Å². The lowest BCUT2D eigenvalue weighted by Gasteiger charge is -2.14. The molecule has 0 saturated carbocycles. The van der Waals surface area contributed by atoms with Crippen LogP contribution in [0, 0.1) is 19.7 Å². The molecule has 96 valence electrons. The first-order valence-electron chi connectivity index (χ1n) is 6.11. The number of thiophene rings is 1. The first kappa shape index (κ1) is 13.2. The number of nitrogens with one attached hydrogen (secondary N) is 1. The van der Waals surface area contributed by atoms with Gasteiger partial charge in [0.25, 0.3) is 0 Å². The second-order valence-electron chi connectivity index (χ2n) is 4.56. The molecule has 0 amide bonds. The molecule has 18 heavy (non-hydrogen) atoms. The number of hydrogen-bond acceptors (Lipinski definition) is 2. The minimum absolute atomic E-state index is 0.0193. The second-order valence-corrected chi connectivity index (χ2v) is 6.02. The van der Waals surface area contributed by atoms with E-state index >= 15 is 0 Å². The Balaban J connectivity index is 2.03. The average Bonchev–Trinajstić information content (AvgIpc) is 2.65. The number of benzene rings is 1. The molecule has 0 bridgehead atoms. The van der Waals surface area contributed by atoms with Gasteiger partial charge < -0.3 is 5.32 Å². The first-order chi connectivity index (χ1) is 8.58. The number of rotatable bonds is 4. The van der Waals surface area contributed by atoms with Crippen LogP contribution in [0.3, 0.4) is 0 Å². The highest BCUT2D eigenvalue weighted by Gasteiger charge is 2.10. The Morgan fingerprint density at radius 2 is 2.00 bits per heavy atom. The van der Waals surface area contributed by atoms with Gasteiger partial charge in [-0.1, -0.05) is 18.2 Å². The van der Waals surface area contributed by atoms with E-state index in [-0.39, 0.29) is 11.9 Å². The summed E-state index contributed by atoms with van der Waals surface area (Å²) in [6.45, 7) is 7.02. The van der Waals surface area contributed by atoms with Crippen LogP contribution in [-0.2, 0) is 6.54 Å². The molecule has 0 spiro atoms. The lowest BCUT2D eigenvalue weighted by atomic mass is 10.1. The summed E-state index contributed by atoms with van der Waals surface area (Å²) in [4.78, 5) is 2.66. The van der Waals surface area contributed by atoms with Crippen molar-refractivity contribution in [2.75, 3.05) is 0 Å². The Bertz CT molecular complexity index is 533. The largest absolute Gasteiger partial charge is 0.306 e. The van der Waals surface area contributed by atoms with Crippen LogP contribution in [0.2, 0.25) is 0 Å². The van der Waals surface area contributed by atoms with Gasteiger partial charge in [0.1, 0.15) is 5.82 Å². The van der Waals surface area contributed by atoms with E-state index in [1.54, 1.807) is 17.4 Å². The smallest absolute Gasteiger partial charge is 0.127 e. The van der Waals surface area contributed by atoms with Crippen LogP contribution in [0.4, 0.5) is 4.39 Å². The van der Waals surface area contributed by atoms with Gasteiger partial charge >= 0.3 is 0 Å². The van der Waals surface area contributed by atoms with Gasteiger partial charge in [-0.15, -0.1) is 11.3 Å². The van der Waals surface area contributed by atoms with Crippen LogP contribution < -0.4 is 5.32 Å². The molecule has 2 rings (SSSR count). The molecule has 0 aliphatic rings. The summed E-state index contributed by atoms with van der Waals surface area (Å²) in [7, 11) is 0. The maximum Gasteiger partial charge on any atom is 0.127 e. The van der Waals surface area contributed by atoms with E-state index in [9.17, 15) is 4.39 Å². The lowest BCUT2D eigenvalue weighted by Crippen LogP contribution is -2.19. The van der Waals surface area contributed by atoms with Crippen LogP contribution in [0.5, 0.6) is 0 Å². The minimum Gasteiger partial charge on any atom is -0.306 e. The van der Waals surface area contributed by atoms with Crippen molar-refractivity contribution < 1.29 is 4.39 Å². The summed E-state index contributed by atoms with van der Waals surface area (Å²) < 4.78 is 13.6. The number of halogens is 1. The summed E-state index contributed by atoms with van der Waals surface area (Å²) in [5.41, 5.74) is 2.03. The third-order valence-corrected chi connectivity index (χ3v) is 4.12. The molecule has 1 unspecified atom stereocenters. The lowest BCUT2D eigenvalue weighted by molar-refractivity contribution is 0.528. The molecule has 1 nitrogen and oxygen atoms in total. The van der Waals surface area contributed by atoms with E-state index in [0.29, 0.717) is 0 Å². The fourth-order valence-electron chi connectivity index (χ4n) is 2.06. The van der Waals surface area contributed by atoms with Crippen molar-refractivity contribution in [3.05, 3.63) is 57.0 Å². The summed E-state index contributed by atoms with van der Waals surface area (Å²) in [6, 6.07) is 9.15. The topological polar surface area (TPSA) is 12.0 Å². The van der Waals surface area contributed by atoms with Gasteiger partial charge in [-0.25, -0.2) is 4.39 Å². The Kier molecular flexibility index (Phi) is 4.15. The molecule has 0 saturated heterocycles. The molecular formula is C15H18FNS. The van der Waals surface area contributed by atoms with Crippen molar-refractivity contribution >= 4 is 11.3 Å². The Morgan fingerprint density at radius 1 is 1.28 bits per heavy atom. The zero-order chi connectivity index (χ0) is 13.1. The maximum absolute atomic E-state index is 13.6. The van der Waals surface area contributed by atoms with Gasteiger partial charge in [-0.2, -0.15) is 0 Å². The molecular weight excluding hydrogens is 245 g/mol. The van der Waals surface area contributed by atoms with E-state index in [1.807, 2.05) is 19.1 Å². The molecule has 0 radical (unpaired) electrons. The van der Waals surface area contributed by atoms with Crippen molar-refractivity contribution in [3.8, 4) is 0 Å². The minimum atomic E-state index is -0.143. The molecule has 0 aliphatic heterocycles. The van der Waals surface area contributed by atoms with Gasteiger partial charge in [0.2, 0.25) is 0 Å². The van der Waals surface area contributed by atoms with Crippen LogP contribution in [0.15, 0.2) is 30.3 Å². The van der Waals surface area contributed by atoms with Crippen LogP contribution in [-0.4, -0.2) is 0 Å². The normalized spacial score (nSPS) is 12.7. The fraction of sp³-hybridized carbons (Fsp3) is 0.333. The summed E-state index contributed by atoms with van der Waals surface area (Å²) in [5, 5.41) is 3.38. The van der Waals surface area contributed by atoms with Crippen LogP contribution in [0.25, 0.3) is 0 Å². The van der Waals surface area contributed by atoms with E-state index in [4.69, 9.17) is 0 Å². The molecule has 3 heteroatoms. The molecule has 0 aliphatic carbocycles. The van der Waals surface area contributed by atoms with Crippen LogP contribution in [0.1, 0.15) is 33.8 Å². The van der Waals surface area contributed by atoms with Crippen molar-refractivity contribution in [2.24, 2.45) is 0 Å². The van der Waals surface area contributed by atoms with Crippen molar-refractivity contribution in [1.82, 2.24) is 5.32 Å². The quantitative estimate of drug-likeness (QED) is 0.864. The highest BCUT2D eigenvalue weighted by atomic mass is 32.1. The predicted molar refractivity (Wildman–Crippen MR) is 75.4 cm³/mol. The summed E-state index contributed by atoms with van der Waals surface area (Å²) in [5.74, 6) is -0.143. The van der Waals surface area contributed by atoms with Crippen LogP contribution >= 0.6 is 11.3 Å². The van der Waals surface area contributed by atoms with E-state index in [2.05, 4.69) is 25.2 Å². The summed E-state index contributed by atoms with van der Waals surface area (Å²) >= 11 is 1.81. The van der Waals surface area contributed by atoms with E-state index in [1.165, 1.54) is 21.4 Å². The Morgan fingerprint density at radius 3 is 2.61 bits per heavy atom. The monoisotopic (exact) mass is 263 g/mol. The van der Waals surface area contributed by atoms with Gasteiger partial charge in [0.05, 0.1) is 0 Å². The molecule has 1 heterocycles. The molecule has 1 N–H and O–H groups in total. The molecule has 1 atom stereocenters. The molecule has 1 aromatic carbocycles. The third kappa shape index (κ3) is 2.98. The Hall–Kier alpha value is -1.19. The first-order valence-corrected chi connectivity index (χ1v) is 6.93. The SMILES string of the molecule is Cc1cc(CNC(C)c2ccccc2F)c(C)s1. The van der Waals surface area contributed by atoms with Gasteiger partial charge in [-0.05, 0) is 38.5 Å². The highest BCUT2D eigenvalue weighted by Crippen LogP contribution is 2.22. The fourth-order valence-corrected chi connectivity index (χ4v) is 3.00. The molecule has 1 aromatic heterocycles. The number of aryl methyl sites for hydroxylation is 2. The molecule has 0 fully saturated rings. The van der Waals surface area contributed by atoms with Gasteiger partial charge in [0, 0.05) is 27.9 Å². The average molecular weight is 263 g/mol. The zero-order valence-corrected chi connectivity index (χ0v) is 11.8.